The quantitative estimate of drug-likeness (QED) is 0.740. The summed E-state index contributed by atoms with van der Waals surface area (Å²) in [4.78, 5) is 36.8. The van der Waals surface area contributed by atoms with Gasteiger partial charge in [-0.3, -0.25) is 14.5 Å². The minimum absolute atomic E-state index is 0.267. The summed E-state index contributed by atoms with van der Waals surface area (Å²) in [5, 5.41) is 5.26. The molecule has 0 aromatic heterocycles. The van der Waals surface area contributed by atoms with Crippen LogP contribution in [0.25, 0.3) is 0 Å². The molecule has 4 amide bonds. The Morgan fingerprint density at radius 3 is 2.58 bits per heavy atom. The van der Waals surface area contributed by atoms with Gasteiger partial charge in [-0.1, -0.05) is 26.0 Å². The Balaban J connectivity index is 1.78. The summed E-state index contributed by atoms with van der Waals surface area (Å²) >= 11 is 0. The summed E-state index contributed by atoms with van der Waals surface area (Å²) in [6.45, 7) is 3.99. The van der Waals surface area contributed by atoms with Gasteiger partial charge in [-0.15, -0.1) is 0 Å². The average Bonchev–Trinajstić information content (AvgIpc) is 2.76. The van der Waals surface area contributed by atoms with Crippen LogP contribution in [-0.4, -0.2) is 41.9 Å². The Hall–Kier alpha value is -2.44. The first-order valence-electron chi connectivity index (χ1n) is 8.00. The zero-order valence-electron chi connectivity index (χ0n) is 13.8. The number of hydrogen-bond acceptors (Lipinski definition) is 3. The Morgan fingerprint density at radius 1 is 1.29 bits per heavy atom. The highest BCUT2D eigenvalue weighted by Gasteiger charge is 2.38. The first-order valence-corrected chi connectivity index (χ1v) is 8.00. The summed E-state index contributed by atoms with van der Waals surface area (Å²) in [5.74, 6) is -0.797. The molecule has 1 aromatic rings. The van der Waals surface area contributed by atoms with Crippen LogP contribution >= 0.6 is 0 Å². The van der Waals surface area contributed by atoms with Crippen LogP contribution in [-0.2, 0) is 16.0 Å². The molecule has 2 rings (SSSR count). The van der Waals surface area contributed by atoms with E-state index in [-0.39, 0.29) is 24.2 Å². The van der Waals surface area contributed by atoms with Crippen molar-refractivity contribution < 1.29 is 18.8 Å². The number of hydrogen-bond donors (Lipinski definition) is 2. The zero-order chi connectivity index (χ0) is 17.7. The lowest BCUT2D eigenvalue weighted by atomic mass is 10.0. The van der Waals surface area contributed by atoms with E-state index in [1.165, 1.54) is 12.1 Å². The van der Waals surface area contributed by atoms with Crippen LogP contribution in [0.15, 0.2) is 24.3 Å². The van der Waals surface area contributed by atoms with E-state index in [0.29, 0.717) is 19.4 Å². The number of carbonyl (C=O) groups is 3. The zero-order valence-corrected chi connectivity index (χ0v) is 13.8. The number of nitrogens with one attached hydrogen (secondary N) is 2. The molecule has 1 aromatic carbocycles. The number of benzene rings is 1. The molecule has 7 heteroatoms. The molecule has 130 valence electrons. The topological polar surface area (TPSA) is 78.5 Å². The monoisotopic (exact) mass is 335 g/mol. The van der Waals surface area contributed by atoms with Crippen LogP contribution in [0.2, 0.25) is 0 Å². The van der Waals surface area contributed by atoms with E-state index in [4.69, 9.17) is 0 Å². The number of nitrogens with zero attached hydrogens (tertiary/aromatic N) is 1. The molecule has 1 atom stereocenters. The van der Waals surface area contributed by atoms with E-state index < -0.39 is 18.0 Å². The molecule has 1 aliphatic heterocycles. The summed E-state index contributed by atoms with van der Waals surface area (Å²) in [6.07, 6.45) is 1.09. The lowest BCUT2D eigenvalue weighted by Gasteiger charge is -2.13. The number of halogens is 1. The number of carbonyl (C=O) groups excluding carboxylic acids is 3. The molecule has 24 heavy (non-hydrogen) atoms. The largest absolute Gasteiger partial charge is 0.354 e. The van der Waals surface area contributed by atoms with Crippen molar-refractivity contribution in [2.75, 3.05) is 13.1 Å². The molecule has 0 aliphatic carbocycles. The van der Waals surface area contributed by atoms with Gasteiger partial charge in [-0.2, -0.15) is 0 Å². The van der Waals surface area contributed by atoms with Crippen molar-refractivity contribution in [1.82, 2.24) is 15.5 Å². The number of urea groups is 1. The fourth-order valence-electron chi connectivity index (χ4n) is 2.55. The maximum Gasteiger partial charge on any atom is 0.325 e. The SMILES string of the molecule is CC(C)CC1NC(=O)N(CC(=O)NCCc2ccc(F)cc2)C1=O. The minimum Gasteiger partial charge on any atom is -0.354 e. The summed E-state index contributed by atoms with van der Waals surface area (Å²) in [6, 6.07) is 4.94. The van der Waals surface area contributed by atoms with Gasteiger partial charge in [-0.05, 0) is 36.5 Å². The molecular weight excluding hydrogens is 313 g/mol. The van der Waals surface area contributed by atoms with Gasteiger partial charge in [0.25, 0.3) is 5.91 Å². The van der Waals surface area contributed by atoms with Crippen LogP contribution in [0.3, 0.4) is 0 Å². The standard InChI is InChI=1S/C17H22FN3O3/c1-11(2)9-14-16(23)21(17(24)20-14)10-15(22)19-8-7-12-3-5-13(18)6-4-12/h3-6,11,14H,7-10H2,1-2H3,(H,19,22)(H,20,24). The molecule has 0 radical (unpaired) electrons. The lowest BCUT2D eigenvalue weighted by Crippen LogP contribution is -2.41. The van der Waals surface area contributed by atoms with Crippen molar-refractivity contribution in [3.05, 3.63) is 35.6 Å². The van der Waals surface area contributed by atoms with Crippen LogP contribution in [0, 0.1) is 11.7 Å². The summed E-state index contributed by atoms with van der Waals surface area (Å²) < 4.78 is 12.8. The van der Waals surface area contributed by atoms with Crippen LogP contribution in [0.5, 0.6) is 0 Å². The molecule has 1 unspecified atom stereocenters. The van der Waals surface area contributed by atoms with Crippen molar-refractivity contribution in [2.45, 2.75) is 32.7 Å². The van der Waals surface area contributed by atoms with E-state index in [1.807, 2.05) is 13.8 Å². The molecule has 0 spiro atoms. The minimum atomic E-state index is -0.551. The Labute approximate surface area is 140 Å². The molecule has 0 bridgehead atoms. The second kappa shape index (κ2) is 7.90. The number of imide groups is 1. The number of amides is 4. The molecule has 6 nitrogen and oxygen atoms in total. The van der Waals surface area contributed by atoms with Crippen molar-refractivity contribution in [2.24, 2.45) is 5.92 Å². The fourth-order valence-corrected chi connectivity index (χ4v) is 2.55. The highest BCUT2D eigenvalue weighted by Crippen LogP contribution is 2.13. The second-order valence-electron chi connectivity index (χ2n) is 6.28. The van der Waals surface area contributed by atoms with Gasteiger partial charge in [0.15, 0.2) is 0 Å². The Kier molecular flexibility index (Phi) is 5.89. The van der Waals surface area contributed by atoms with Crippen LogP contribution in [0.1, 0.15) is 25.8 Å². The molecular formula is C17H22FN3O3. The van der Waals surface area contributed by atoms with Crippen LogP contribution < -0.4 is 10.6 Å². The van der Waals surface area contributed by atoms with Crippen molar-refractivity contribution in [1.29, 1.82) is 0 Å². The number of rotatable bonds is 7. The third-order valence-electron chi connectivity index (χ3n) is 3.76. The smallest absolute Gasteiger partial charge is 0.325 e. The van der Waals surface area contributed by atoms with Crippen molar-refractivity contribution >= 4 is 17.8 Å². The normalized spacial score (nSPS) is 17.3. The maximum absolute atomic E-state index is 12.8. The van der Waals surface area contributed by atoms with Crippen molar-refractivity contribution in [3.8, 4) is 0 Å². The van der Waals surface area contributed by atoms with E-state index >= 15 is 0 Å². The molecule has 1 saturated heterocycles. The molecule has 0 saturated carbocycles. The van der Waals surface area contributed by atoms with E-state index in [0.717, 1.165) is 10.5 Å². The van der Waals surface area contributed by atoms with Gasteiger partial charge in [-0.25, -0.2) is 9.18 Å². The van der Waals surface area contributed by atoms with E-state index in [1.54, 1.807) is 12.1 Å². The first-order chi connectivity index (χ1) is 11.4. The third kappa shape index (κ3) is 4.78. The second-order valence-corrected chi connectivity index (χ2v) is 6.28. The van der Waals surface area contributed by atoms with Gasteiger partial charge in [0.05, 0.1) is 0 Å². The maximum atomic E-state index is 12.8. The summed E-state index contributed by atoms with van der Waals surface area (Å²) in [7, 11) is 0. The van der Waals surface area contributed by atoms with Gasteiger partial charge >= 0.3 is 6.03 Å². The van der Waals surface area contributed by atoms with Gasteiger partial charge in [0.1, 0.15) is 18.4 Å². The first kappa shape index (κ1) is 17.9. The fraction of sp³-hybridized carbons (Fsp3) is 0.471. The van der Waals surface area contributed by atoms with Crippen molar-refractivity contribution in [3.63, 3.8) is 0 Å². The van der Waals surface area contributed by atoms with Gasteiger partial charge in [0, 0.05) is 6.54 Å². The van der Waals surface area contributed by atoms with E-state index in [2.05, 4.69) is 10.6 Å². The lowest BCUT2D eigenvalue weighted by molar-refractivity contribution is -0.132. The molecule has 1 fully saturated rings. The Morgan fingerprint density at radius 2 is 1.96 bits per heavy atom. The molecule has 2 N–H and O–H groups in total. The van der Waals surface area contributed by atoms with Crippen LogP contribution in [0.4, 0.5) is 9.18 Å². The highest BCUT2D eigenvalue weighted by atomic mass is 19.1. The van der Waals surface area contributed by atoms with Gasteiger partial charge < -0.3 is 10.6 Å². The summed E-state index contributed by atoms with van der Waals surface area (Å²) in [5.41, 5.74) is 0.892. The van der Waals surface area contributed by atoms with Gasteiger partial charge in [0.2, 0.25) is 5.91 Å². The van der Waals surface area contributed by atoms with E-state index in [9.17, 15) is 18.8 Å². The molecule has 1 aliphatic rings. The highest BCUT2D eigenvalue weighted by molar-refractivity contribution is 6.06. The average molecular weight is 335 g/mol. The predicted octanol–water partition coefficient (Wildman–Crippen LogP) is 1.45. The third-order valence-corrected chi connectivity index (χ3v) is 3.76. The Bertz CT molecular complexity index is 616. The molecule has 1 heterocycles. The predicted molar refractivity (Wildman–Crippen MR) is 86.6 cm³/mol.